The minimum absolute atomic E-state index is 0.0167. The predicted octanol–water partition coefficient (Wildman–Crippen LogP) is 4.89. The van der Waals surface area contributed by atoms with Crippen LogP contribution in [0.3, 0.4) is 0 Å². The average Bonchev–Trinajstić information content (AvgIpc) is 2.94. The highest BCUT2D eigenvalue weighted by atomic mass is 16.5. The summed E-state index contributed by atoms with van der Waals surface area (Å²) in [6, 6.07) is 0. The molecule has 2 heteroatoms. The Hall–Kier alpha value is -1.57. The van der Waals surface area contributed by atoms with Gasteiger partial charge in [0.2, 0.25) is 0 Å². The molecule has 122 valence electrons. The van der Waals surface area contributed by atoms with Gasteiger partial charge in [-0.3, -0.25) is 4.79 Å². The van der Waals surface area contributed by atoms with Crippen molar-refractivity contribution in [2.24, 2.45) is 16.7 Å². The normalized spacial score (nSPS) is 38.3. The Morgan fingerprint density at radius 3 is 2.87 bits per heavy atom. The Balaban J connectivity index is 1.93. The summed E-state index contributed by atoms with van der Waals surface area (Å²) in [5, 5.41) is 0. The van der Waals surface area contributed by atoms with Crippen LogP contribution in [-0.2, 0) is 9.53 Å². The van der Waals surface area contributed by atoms with Crippen molar-refractivity contribution >= 4 is 5.97 Å². The quantitative estimate of drug-likeness (QED) is 0.509. The lowest BCUT2D eigenvalue weighted by molar-refractivity contribution is -0.144. The number of allylic oxidation sites excluding steroid dienone is 7. The van der Waals surface area contributed by atoms with E-state index in [1.165, 1.54) is 42.2 Å². The van der Waals surface area contributed by atoms with E-state index in [9.17, 15) is 4.79 Å². The summed E-state index contributed by atoms with van der Waals surface area (Å²) in [6.45, 7) is 4.73. The summed E-state index contributed by atoms with van der Waals surface area (Å²) in [5.74, 6) is -0.170. The van der Waals surface area contributed by atoms with E-state index in [4.69, 9.17) is 4.74 Å². The number of esters is 1. The van der Waals surface area contributed by atoms with Gasteiger partial charge in [0.1, 0.15) is 0 Å². The van der Waals surface area contributed by atoms with Gasteiger partial charge in [0, 0.05) is 5.41 Å². The van der Waals surface area contributed by atoms with Gasteiger partial charge in [-0.05, 0) is 62.0 Å². The molecule has 0 spiro atoms. The summed E-state index contributed by atoms with van der Waals surface area (Å²) < 4.78 is 5.19. The average molecular weight is 310 g/mol. The van der Waals surface area contributed by atoms with Crippen LogP contribution in [0.5, 0.6) is 0 Å². The summed E-state index contributed by atoms with van der Waals surface area (Å²) in [5.41, 5.74) is 5.95. The van der Waals surface area contributed by atoms with Gasteiger partial charge >= 0.3 is 5.97 Å². The SMILES string of the molecule is COC(=O)[C@@H]1CC2=CCC=C[C@]2(C)C2=C1C1=CCC[C@@]1(C)CC2. The Bertz CT molecular complexity index is 691. The zero-order valence-electron chi connectivity index (χ0n) is 14.4. The fourth-order valence-electron chi connectivity index (χ4n) is 5.33. The molecular weight excluding hydrogens is 284 g/mol. The molecule has 4 aliphatic carbocycles. The third-order valence-corrected chi connectivity index (χ3v) is 6.74. The molecule has 0 aromatic carbocycles. The molecule has 0 saturated carbocycles. The van der Waals surface area contributed by atoms with Gasteiger partial charge in [0.25, 0.3) is 0 Å². The largest absolute Gasteiger partial charge is 0.469 e. The molecule has 0 bridgehead atoms. The maximum atomic E-state index is 12.6. The summed E-state index contributed by atoms with van der Waals surface area (Å²) in [6.07, 6.45) is 15.9. The molecule has 0 unspecified atom stereocenters. The van der Waals surface area contributed by atoms with E-state index in [2.05, 4.69) is 38.2 Å². The van der Waals surface area contributed by atoms with Crippen molar-refractivity contribution in [3.63, 3.8) is 0 Å². The van der Waals surface area contributed by atoms with Gasteiger partial charge in [-0.1, -0.05) is 42.4 Å². The zero-order chi connectivity index (χ0) is 16.2. The first-order valence-corrected chi connectivity index (χ1v) is 8.89. The molecule has 0 aromatic heterocycles. The zero-order valence-corrected chi connectivity index (χ0v) is 14.4. The number of hydrogen-bond acceptors (Lipinski definition) is 2. The standard InChI is InChI=1S/C21H26O2/c1-20-10-6-8-16(20)18-15(19(22)23-3)13-14-7-4-5-11-21(14,2)17(18)9-12-20/h5,7-8,11,15H,4,6,9-10,12-13H2,1-3H3/t15-,20+,21+/m1/s1. The van der Waals surface area contributed by atoms with Gasteiger partial charge in [0.05, 0.1) is 13.0 Å². The van der Waals surface area contributed by atoms with Gasteiger partial charge in [-0.15, -0.1) is 0 Å². The van der Waals surface area contributed by atoms with Crippen molar-refractivity contribution in [2.75, 3.05) is 7.11 Å². The maximum Gasteiger partial charge on any atom is 0.313 e. The highest BCUT2D eigenvalue weighted by Crippen LogP contribution is 2.61. The molecule has 4 rings (SSSR count). The predicted molar refractivity (Wildman–Crippen MR) is 91.8 cm³/mol. The van der Waals surface area contributed by atoms with Gasteiger partial charge in [0.15, 0.2) is 0 Å². The first-order valence-electron chi connectivity index (χ1n) is 8.89. The Labute approximate surface area is 139 Å². The molecule has 0 saturated heterocycles. The molecule has 0 heterocycles. The van der Waals surface area contributed by atoms with Gasteiger partial charge in [-0.25, -0.2) is 0 Å². The Morgan fingerprint density at radius 1 is 1.26 bits per heavy atom. The van der Waals surface area contributed by atoms with E-state index in [0.29, 0.717) is 0 Å². The van der Waals surface area contributed by atoms with E-state index in [1.54, 1.807) is 0 Å². The molecule has 0 aliphatic heterocycles. The Kier molecular flexibility index (Phi) is 3.23. The molecule has 3 atom stereocenters. The summed E-state index contributed by atoms with van der Waals surface area (Å²) in [7, 11) is 1.52. The van der Waals surface area contributed by atoms with Crippen molar-refractivity contribution < 1.29 is 9.53 Å². The number of methoxy groups -OCH3 is 1. The molecule has 0 radical (unpaired) electrons. The number of hydrogen-bond donors (Lipinski definition) is 0. The lowest BCUT2D eigenvalue weighted by atomic mass is 9.55. The van der Waals surface area contributed by atoms with Gasteiger partial charge in [-0.2, -0.15) is 0 Å². The molecule has 0 fully saturated rings. The van der Waals surface area contributed by atoms with E-state index < -0.39 is 0 Å². The number of carbonyl (C=O) groups excluding carboxylic acids is 1. The number of ether oxygens (including phenoxy) is 1. The molecule has 0 N–H and O–H groups in total. The second-order valence-electron chi connectivity index (χ2n) is 7.96. The van der Waals surface area contributed by atoms with Crippen LogP contribution < -0.4 is 0 Å². The van der Waals surface area contributed by atoms with Crippen molar-refractivity contribution in [2.45, 2.75) is 52.4 Å². The summed E-state index contributed by atoms with van der Waals surface area (Å²) in [4.78, 5) is 12.6. The third kappa shape index (κ3) is 1.96. The highest BCUT2D eigenvalue weighted by Gasteiger charge is 2.50. The molecule has 23 heavy (non-hydrogen) atoms. The molecule has 2 nitrogen and oxygen atoms in total. The van der Waals surface area contributed by atoms with Crippen molar-refractivity contribution in [1.82, 2.24) is 0 Å². The van der Waals surface area contributed by atoms with E-state index >= 15 is 0 Å². The number of fused-ring (bicyclic) bond motifs is 4. The molecule has 0 amide bonds. The lowest BCUT2D eigenvalue weighted by Crippen LogP contribution is -2.39. The Morgan fingerprint density at radius 2 is 2.09 bits per heavy atom. The fraction of sp³-hybridized carbons (Fsp3) is 0.571. The van der Waals surface area contributed by atoms with Crippen molar-refractivity contribution in [3.8, 4) is 0 Å². The topological polar surface area (TPSA) is 26.3 Å². The van der Waals surface area contributed by atoms with Crippen molar-refractivity contribution in [3.05, 3.63) is 46.6 Å². The lowest BCUT2D eigenvalue weighted by Gasteiger charge is -2.49. The second-order valence-corrected chi connectivity index (χ2v) is 7.96. The first kappa shape index (κ1) is 15.0. The minimum Gasteiger partial charge on any atom is -0.469 e. The summed E-state index contributed by atoms with van der Waals surface area (Å²) >= 11 is 0. The van der Waals surface area contributed by atoms with Crippen LogP contribution in [-0.4, -0.2) is 13.1 Å². The smallest absolute Gasteiger partial charge is 0.313 e. The maximum absolute atomic E-state index is 12.6. The number of carbonyl (C=O) groups is 1. The van der Waals surface area contributed by atoms with Crippen LogP contribution in [0, 0.1) is 16.7 Å². The van der Waals surface area contributed by atoms with E-state index in [0.717, 1.165) is 25.7 Å². The van der Waals surface area contributed by atoms with Crippen molar-refractivity contribution in [1.29, 1.82) is 0 Å². The van der Waals surface area contributed by atoms with Crippen LogP contribution in [0.2, 0.25) is 0 Å². The van der Waals surface area contributed by atoms with E-state index in [-0.39, 0.29) is 22.7 Å². The van der Waals surface area contributed by atoms with Crippen LogP contribution in [0.25, 0.3) is 0 Å². The number of rotatable bonds is 1. The minimum atomic E-state index is -0.107. The first-order chi connectivity index (χ1) is 11.0. The fourth-order valence-corrected chi connectivity index (χ4v) is 5.33. The van der Waals surface area contributed by atoms with Crippen LogP contribution in [0.15, 0.2) is 46.6 Å². The highest BCUT2D eigenvalue weighted by molar-refractivity contribution is 5.80. The molecule has 4 aliphatic rings. The van der Waals surface area contributed by atoms with Gasteiger partial charge < -0.3 is 4.74 Å². The molecular formula is C21H26O2. The second kappa shape index (κ2) is 4.96. The van der Waals surface area contributed by atoms with E-state index in [1.807, 2.05) is 0 Å². The molecule has 0 aromatic rings. The van der Waals surface area contributed by atoms with Crippen LogP contribution in [0.1, 0.15) is 52.4 Å². The third-order valence-electron chi connectivity index (χ3n) is 6.74. The van der Waals surface area contributed by atoms with Crippen LogP contribution >= 0.6 is 0 Å². The monoisotopic (exact) mass is 310 g/mol. The van der Waals surface area contributed by atoms with Crippen LogP contribution in [0.4, 0.5) is 0 Å².